The molecule has 0 N–H and O–H groups in total. The summed E-state index contributed by atoms with van der Waals surface area (Å²) in [5.74, 6) is -1.12. The molecule has 2 heterocycles. The van der Waals surface area contributed by atoms with Gasteiger partial charge in [0, 0.05) is 33.4 Å². The molecule has 0 spiro atoms. The topological polar surface area (TPSA) is 40.8 Å². The molecule has 33 heavy (non-hydrogen) atoms. The van der Waals surface area contributed by atoms with E-state index < -0.39 is 12.7 Å². The van der Waals surface area contributed by atoms with Gasteiger partial charge in [0.1, 0.15) is 18.2 Å². The molecule has 3 nitrogen and oxygen atoms in total. The Morgan fingerprint density at radius 3 is 2.33 bits per heavy atom. The van der Waals surface area contributed by atoms with Gasteiger partial charge in [-0.05, 0) is 48.5 Å². The van der Waals surface area contributed by atoms with Crippen molar-refractivity contribution in [3.05, 3.63) is 89.1 Å². The SMILES string of the molecule is [2H]C([2H])([2H])c1c[n+](C)c(-c2c(C)ccc3c2oc2c(-c4ccccc4)c(C#N)ccc23)cc1C([2H])(C)C. The predicted octanol–water partition coefficient (Wildman–Crippen LogP) is 7.36. The molecule has 0 aliphatic carbocycles. The van der Waals surface area contributed by atoms with E-state index in [0.717, 1.165) is 38.7 Å². The summed E-state index contributed by atoms with van der Waals surface area (Å²) >= 11 is 0. The molecule has 0 bridgehead atoms. The molecule has 2 aromatic heterocycles. The van der Waals surface area contributed by atoms with Crippen molar-refractivity contribution in [1.29, 1.82) is 5.26 Å². The molecule has 0 radical (unpaired) electrons. The number of pyridine rings is 1. The minimum Gasteiger partial charge on any atom is -0.454 e. The Hall–Kier alpha value is -3.90. The number of nitrogens with zero attached hydrogens (tertiary/aromatic N) is 2. The Bertz CT molecular complexity index is 1720. The van der Waals surface area contributed by atoms with Crippen LogP contribution in [0.2, 0.25) is 0 Å². The summed E-state index contributed by atoms with van der Waals surface area (Å²) in [6, 6.07) is 21.6. The molecule has 5 aromatic rings. The van der Waals surface area contributed by atoms with Crippen LogP contribution >= 0.6 is 0 Å². The van der Waals surface area contributed by atoms with Gasteiger partial charge in [-0.25, -0.2) is 4.57 Å². The summed E-state index contributed by atoms with van der Waals surface area (Å²) in [5, 5.41) is 11.7. The molecule has 0 unspecified atom stereocenters. The Kier molecular flexibility index (Phi) is 4.00. The van der Waals surface area contributed by atoms with Crippen LogP contribution in [0.1, 0.15) is 47.5 Å². The lowest BCUT2D eigenvalue weighted by Crippen LogP contribution is -2.32. The van der Waals surface area contributed by atoms with Gasteiger partial charge in [-0.2, -0.15) is 5.26 Å². The number of aromatic nitrogens is 1. The molecular weight excluding hydrogens is 404 g/mol. The first kappa shape index (κ1) is 16.7. The molecular formula is C30H27N2O+. The average molecular weight is 436 g/mol. The molecule has 0 saturated carbocycles. The maximum atomic E-state index is 9.87. The lowest BCUT2D eigenvalue weighted by atomic mass is 9.94. The van der Waals surface area contributed by atoms with Crippen molar-refractivity contribution >= 4 is 21.9 Å². The predicted molar refractivity (Wildman–Crippen MR) is 134 cm³/mol. The van der Waals surface area contributed by atoms with Gasteiger partial charge in [-0.15, -0.1) is 0 Å². The van der Waals surface area contributed by atoms with E-state index in [-0.39, 0.29) is 5.56 Å². The summed E-state index contributed by atoms with van der Waals surface area (Å²) < 4.78 is 41.2. The molecule has 0 saturated heterocycles. The quantitative estimate of drug-likeness (QED) is 0.278. The molecule has 0 amide bonds. The van der Waals surface area contributed by atoms with Crippen LogP contribution in [0.4, 0.5) is 0 Å². The van der Waals surface area contributed by atoms with Gasteiger partial charge < -0.3 is 4.42 Å². The molecule has 0 aliphatic heterocycles. The van der Waals surface area contributed by atoms with Crippen molar-refractivity contribution in [3.8, 4) is 28.5 Å². The second-order valence-corrected chi connectivity index (χ2v) is 8.68. The van der Waals surface area contributed by atoms with Crippen LogP contribution in [0.25, 0.3) is 44.3 Å². The monoisotopic (exact) mass is 435 g/mol. The van der Waals surface area contributed by atoms with E-state index >= 15 is 0 Å². The molecule has 3 aromatic carbocycles. The van der Waals surface area contributed by atoms with E-state index in [1.54, 1.807) is 24.6 Å². The van der Waals surface area contributed by atoms with Crippen molar-refractivity contribution < 1.29 is 14.5 Å². The second-order valence-electron chi connectivity index (χ2n) is 8.68. The zero-order chi connectivity index (χ0) is 26.7. The Balaban J connectivity index is 1.89. The molecule has 0 fully saturated rings. The summed E-state index contributed by atoms with van der Waals surface area (Å²) in [4.78, 5) is 0. The van der Waals surface area contributed by atoms with E-state index in [4.69, 9.17) is 9.90 Å². The van der Waals surface area contributed by atoms with Crippen LogP contribution in [0, 0.1) is 25.1 Å². The number of hydrogen-bond donors (Lipinski definition) is 0. The van der Waals surface area contributed by atoms with Gasteiger partial charge in [-0.1, -0.05) is 56.3 Å². The van der Waals surface area contributed by atoms with Crippen molar-refractivity contribution in [2.75, 3.05) is 0 Å². The zero-order valence-electron chi connectivity index (χ0n) is 23.2. The fraction of sp³-hybridized carbons (Fsp3) is 0.200. The number of nitriles is 1. The van der Waals surface area contributed by atoms with E-state index in [1.807, 2.05) is 74.6 Å². The highest BCUT2D eigenvalue weighted by Gasteiger charge is 2.24. The summed E-state index contributed by atoms with van der Waals surface area (Å²) in [7, 11) is 1.81. The smallest absolute Gasteiger partial charge is 0.216 e. The Morgan fingerprint density at radius 1 is 0.970 bits per heavy atom. The minimum atomic E-state index is -2.34. The Morgan fingerprint density at radius 2 is 1.67 bits per heavy atom. The third-order valence-electron chi connectivity index (χ3n) is 6.27. The standard InChI is InChI=1S/C30H27N2O/c1-18(2)25-15-26(32(5)17-20(25)4)27-19(3)11-13-23-24-14-12-22(16-31)28(30(24)33-29(23)27)21-9-7-6-8-10-21/h6-15,17-18H,1-5H3/q+1/i4D3,18D. The maximum Gasteiger partial charge on any atom is 0.216 e. The fourth-order valence-corrected chi connectivity index (χ4v) is 4.62. The van der Waals surface area contributed by atoms with Gasteiger partial charge >= 0.3 is 0 Å². The van der Waals surface area contributed by atoms with Gasteiger partial charge in [0.2, 0.25) is 5.69 Å². The summed E-state index contributed by atoms with van der Waals surface area (Å²) in [6.45, 7) is 3.05. The first-order valence-corrected chi connectivity index (χ1v) is 10.9. The van der Waals surface area contributed by atoms with Gasteiger partial charge in [0.15, 0.2) is 6.20 Å². The van der Waals surface area contributed by atoms with Gasteiger partial charge in [-0.3, -0.25) is 0 Å². The van der Waals surface area contributed by atoms with Crippen LogP contribution in [-0.2, 0) is 7.05 Å². The van der Waals surface area contributed by atoms with Gasteiger partial charge in [0.05, 0.1) is 17.2 Å². The second kappa shape index (κ2) is 7.90. The zero-order valence-corrected chi connectivity index (χ0v) is 19.2. The van der Waals surface area contributed by atoms with Crippen LogP contribution in [-0.4, -0.2) is 0 Å². The molecule has 0 aliphatic rings. The largest absolute Gasteiger partial charge is 0.454 e. The number of rotatable bonds is 3. The first-order valence-electron chi connectivity index (χ1n) is 12.9. The lowest BCUT2D eigenvalue weighted by Gasteiger charge is -2.12. The highest BCUT2D eigenvalue weighted by atomic mass is 16.3. The number of benzene rings is 3. The van der Waals surface area contributed by atoms with E-state index in [1.165, 1.54) is 0 Å². The molecule has 5 rings (SSSR count). The van der Waals surface area contributed by atoms with Crippen LogP contribution in [0.15, 0.2) is 71.3 Å². The maximum absolute atomic E-state index is 9.87. The highest BCUT2D eigenvalue weighted by Crippen LogP contribution is 2.42. The van der Waals surface area contributed by atoms with Gasteiger partial charge in [0.25, 0.3) is 0 Å². The molecule has 3 heteroatoms. The minimum absolute atomic E-state index is 0.165. The van der Waals surface area contributed by atoms with Crippen molar-refractivity contribution in [2.24, 2.45) is 7.05 Å². The van der Waals surface area contributed by atoms with Crippen molar-refractivity contribution in [2.45, 2.75) is 33.5 Å². The average Bonchev–Trinajstić information content (AvgIpc) is 3.21. The van der Waals surface area contributed by atoms with Crippen LogP contribution in [0.5, 0.6) is 0 Å². The van der Waals surface area contributed by atoms with Crippen molar-refractivity contribution in [3.63, 3.8) is 0 Å². The number of fused-ring (bicyclic) bond motifs is 3. The lowest BCUT2D eigenvalue weighted by molar-refractivity contribution is -0.660. The fourth-order valence-electron chi connectivity index (χ4n) is 4.62. The van der Waals surface area contributed by atoms with Crippen molar-refractivity contribution in [1.82, 2.24) is 0 Å². The summed E-state index contributed by atoms with van der Waals surface area (Å²) in [5.41, 5.74) is 6.62. The van der Waals surface area contributed by atoms with E-state index in [9.17, 15) is 5.26 Å². The normalized spacial score (nSPS) is 13.9. The number of aryl methyl sites for hydroxylation is 3. The van der Waals surface area contributed by atoms with Crippen LogP contribution < -0.4 is 4.57 Å². The third-order valence-corrected chi connectivity index (χ3v) is 6.27. The van der Waals surface area contributed by atoms with E-state index in [0.29, 0.717) is 22.3 Å². The van der Waals surface area contributed by atoms with E-state index in [2.05, 4.69) is 6.07 Å². The third kappa shape index (κ3) is 3.31. The molecule has 162 valence electrons. The summed E-state index contributed by atoms with van der Waals surface area (Å²) in [6.07, 6.45) is 1.61. The molecule has 0 atom stereocenters. The number of furan rings is 1. The first-order chi connectivity index (χ1) is 17.4. The Labute approximate surface area is 200 Å². The van der Waals surface area contributed by atoms with Crippen LogP contribution in [0.3, 0.4) is 0 Å². The number of hydrogen-bond acceptors (Lipinski definition) is 2. The highest BCUT2D eigenvalue weighted by molar-refractivity contribution is 6.14.